The maximum absolute atomic E-state index is 12.8. The number of nitro benzene ring substituents is 1. The molecule has 0 atom stereocenters. The van der Waals surface area contributed by atoms with Crippen LogP contribution < -0.4 is 0 Å². The summed E-state index contributed by atoms with van der Waals surface area (Å²) < 4.78 is 27.1. The standard InChI is InChI=1S/C17H19N3O4S/c1-13-8-10-19(11-9-13)25(23,24)17-7-3-6-16(18-17)14-4-2-5-15(12-14)20(21)22/h2-7,12-13H,8-11H2,1H3. The lowest BCUT2D eigenvalue weighted by Crippen LogP contribution is -2.38. The van der Waals surface area contributed by atoms with Gasteiger partial charge in [-0.1, -0.05) is 25.1 Å². The summed E-state index contributed by atoms with van der Waals surface area (Å²) in [6, 6.07) is 10.7. The molecule has 8 heteroatoms. The zero-order valence-electron chi connectivity index (χ0n) is 13.8. The molecule has 1 aromatic carbocycles. The molecule has 1 aliphatic heterocycles. The number of hydrogen-bond acceptors (Lipinski definition) is 5. The molecule has 132 valence electrons. The molecule has 0 radical (unpaired) electrons. The second-order valence-corrected chi connectivity index (χ2v) is 8.14. The van der Waals surface area contributed by atoms with Crippen LogP contribution in [0, 0.1) is 16.0 Å². The first-order chi connectivity index (χ1) is 11.9. The van der Waals surface area contributed by atoms with Gasteiger partial charge in [0.1, 0.15) is 0 Å². The van der Waals surface area contributed by atoms with Gasteiger partial charge in [0.15, 0.2) is 5.03 Å². The van der Waals surface area contributed by atoms with Gasteiger partial charge in [0.2, 0.25) is 0 Å². The molecule has 1 fully saturated rings. The minimum Gasteiger partial charge on any atom is -0.258 e. The number of aromatic nitrogens is 1. The molecule has 0 amide bonds. The molecular weight excluding hydrogens is 342 g/mol. The molecule has 3 rings (SSSR count). The molecule has 1 aliphatic rings. The van der Waals surface area contributed by atoms with Crippen molar-refractivity contribution in [2.24, 2.45) is 5.92 Å². The highest BCUT2D eigenvalue weighted by molar-refractivity contribution is 7.89. The van der Waals surface area contributed by atoms with E-state index in [1.165, 1.54) is 22.5 Å². The van der Waals surface area contributed by atoms with Gasteiger partial charge in [-0.15, -0.1) is 0 Å². The van der Waals surface area contributed by atoms with Crippen molar-refractivity contribution in [3.63, 3.8) is 0 Å². The van der Waals surface area contributed by atoms with Crippen LogP contribution >= 0.6 is 0 Å². The average Bonchev–Trinajstić information content (AvgIpc) is 2.62. The molecular formula is C17H19N3O4S. The number of nitrogens with zero attached hydrogens (tertiary/aromatic N) is 3. The van der Waals surface area contributed by atoms with Crippen molar-refractivity contribution in [2.45, 2.75) is 24.8 Å². The zero-order valence-corrected chi connectivity index (χ0v) is 14.6. The Labute approximate surface area is 146 Å². The third kappa shape index (κ3) is 3.69. The van der Waals surface area contributed by atoms with Crippen molar-refractivity contribution in [2.75, 3.05) is 13.1 Å². The number of sulfonamides is 1. The van der Waals surface area contributed by atoms with E-state index in [0.29, 0.717) is 30.3 Å². The first-order valence-corrected chi connectivity index (χ1v) is 9.54. The summed E-state index contributed by atoms with van der Waals surface area (Å²) >= 11 is 0. The summed E-state index contributed by atoms with van der Waals surface area (Å²) in [5.74, 6) is 0.524. The van der Waals surface area contributed by atoms with Crippen molar-refractivity contribution in [3.8, 4) is 11.3 Å². The smallest absolute Gasteiger partial charge is 0.258 e. The number of nitro groups is 1. The van der Waals surface area contributed by atoms with Crippen molar-refractivity contribution in [1.29, 1.82) is 0 Å². The number of rotatable bonds is 4. The highest BCUT2D eigenvalue weighted by Crippen LogP contribution is 2.26. The fourth-order valence-electron chi connectivity index (χ4n) is 2.86. The monoisotopic (exact) mass is 361 g/mol. The molecule has 1 saturated heterocycles. The Kier molecular flexibility index (Phi) is 4.82. The normalized spacial score (nSPS) is 16.7. The van der Waals surface area contributed by atoms with Crippen molar-refractivity contribution in [3.05, 3.63) is 52.6 Å². The Balaban J connectivity index is 1.94. The van der Waals surface area contributed by atoms with Crippen LogP contribution in [0.15, 0.2) is 47.5 Å². The molecule has 0 saturated carbocycles. The van der Waals surface area contributed by atoms with Crippen LogP contribution in [-0.4, -0.2) is 35.7 Å². The van der Waals surface area contributed by atoms with E-state index in [-0.39, 0.29) is 10.7 Å². The molecule has 1 aromatic heterocycles. The minimum absolute atomic E-state index is 0.0222. The molecule has 7 nitrogen and oxygen atoms in total. The van der Waals surface area contributed by atoms with Crippen LogP contribution in [0.1, 0.15) is 19.8 Å². The number of hydrogen-bond donors (Lipinski definition) is 0. The summed E-state index contributed by atoms with van der Waals surface area (Å²) in [5, 5.41) is 10.9. The maximum Gasteiger partial charge on any atom is 0.270 e. The van der Waals surface area contributed by atoms with Gasteiger partial charge in [-0.25, -0.2) is 13.4 Å². The van der Waals surface area contributed by atoms with Crippen LogP contribution in [0.5, 0.6) is 0 Å². The summed E-state index contributed by atoms with van der Waals surface area (Å²) in [6.07, 6.45) is 1.67. The van der Waals surface area contributed by atoms with Crippen LogP contribution in [0.3, 0.4) is 0 Å². The predicted octanol–water partition coefficient (Wildman–Crippen LogP) is 3.08. The first kappa shape index (κ1) is 17.5. The molecule has 0 spiro atoms. The van der Waals surface area contributed by atoms with E-state index in [2.05, 4.69) is 11.9 Å². The van der Waals surface area contributed by atoms with Gasteiger partial charge in [0, 0.05) is 30.8 Å². The van der Waals surface area contributed by atoms with Gasteiger partial charge in [0.25, 0.3) is 15.7 Å². The fraction of sp³-hybridized carbons (Fsp3) is 0.353. The zero-order chi connectivity index (χ0) is 18.0. The minimum atomic E-state index is -3.65. The molecule has 0 aliphatic carbocycles. The predicted molar refractivity (Wildman–Crippen MR) is 93.5 cm³/mol. The first-order valence-electron chi connectivity index (χ1n) is 8.10. The number of non-ortho nitro benzene ring substituents is 1. The Hall–Kier alpha value is -2.32. The van der Waals surface area contributed by atoms with Crippen LogP contribution in [0.4, 0.5) is 5.69 Å². The second kappa shape index (κ2) is 6.89. The summed E-state index contributed by atoms with van der Waals surface area (Å²) in [4.78, 5) is 14.7. The molecule has 0 bridgehead atoms. The van der Waals surface area contributed by atoms with Gasteiger partial charge < -0.3 is 0 Å². The number of pyridine rings is 1. The molecule has 2 aromatic rings. The maximum atomic E-state index is 12.8. The fourth-order valence-corrected chi connectivity index (χ4v) is 4.28. The van der Waals surface area contributed by atoms with Gasteiger partial charge in [-0.05, 0) is 30.9 Å². The van der Waals surface area contributed by atoms with E-state index in [1.807, 2.05) is 0 Å². The third-order valence-corrected chi connectivity index (χ3v) is 6.22. The van der Waals surface area contributed by atoms with E-state index >= 15 is 0 Å². The van der Waals surface area contributed by atoms with Gasteiger partial charge in [-0.3, -0.25) is 10.1 Å². The van der Waals surface area contributed by atoms with E-state index in [4.69, 9.17) is 0 Å². The van der Waals surface area contributed by atoms with Gasteiger partial charge >= 0.3 is 0 Å². The lowest BCUT2D eigenvalue weighted by molar-refractivity contribution is -0.384. The summed E-state index contributed by atoms with van der Waals surface area (Å²) in [5.41, 5.74) is 0.853. The number of piperidine rings is 1. The van der Waals surface area contributed by atoms with Gasteiger partial charge in [-0.2, -0.15) is 4.31 Å². The quantitative estimate of drug-likeness (QED) is 0.616. The average molecular weight is 361 g/mol. The van der Waals surface area contributed by atoms with Crippen LogP contribution in [0.2, 0.25) is 0 Å². The Bertz CT molecular complexity index is 890. The lowest BCUT2D eigenvalue weighted by atomic mass is 10.0. The Morgan fingerprint density at radius 3 is 2.52 bits per heavy atom. The SMILES string of the molecule is CC1CCN(S(=O)(=O)c2cccc(-c3cccc([N+](=O)[O-])c3)n2)CC1. The van der Waals surface area contributed by atoms with E-state index in [0.717, 1.165) is 12.8 Å². The molecule has 0 unspecified atom stereocenters. The molecule has 0 N–H and O–H groups in total. The largest absolute Gasteiger partial charge is 0.270 e. The molecule has 2 heterocycles. The van der Waals surface area contributed by atoms with E-state index < -0.39 is 14.9 Å². The molecule has 25 heavy (non-hydrogen) atoms. The van der Waals surface area contributed by atoms with Crippen LogP contribution in [0.25, 0.3) is 11.3 Å². The van der Waals surface area contributed by atoms with E-state index in [1.54, 1.807) is 24.3 Å². The Morgan fingerprint density at radius 2 is 1.84 bits per heavy atom. The van der Waals surface area contributed by atoms with Gasteiger partial charge in [0.05, 0.1) is 10.6 Å². The Morgan fingerprint density at radius 1 is 1.16 bits per heavy atom. The lowest BCUT2D eigenvalue weighted by Gasteiger charge is -2.29. The summed E-state index contributed by atoms with van der Waals surface area (Å²) in [7, 11) is -3.65. The highest BCUT2D eigenvalue weighted by atomic mass is 32.2. The topological polar surface area (TPSA) is 93.4 Å². The van der Waals surface area contributed by atoms with Crippen molar-refractivity contribution >= 4 is 15.7 Å². The third-order valence-electron chi connectivity index (χ3n) is 4.42. The summed E-state index contributed by atoms with van der Waals surface area (Å²) in [6.45, 7) is 3.10. The number of benzene rings is 1. The highest BCUT2D eigenvalue weighted by Gasteiger charge is 2.29. The van der Waals surface area contributed by atoms with Crippen LogP contribution in [-0.2, 0) is 10.0 Å². The van der Waals surface area contributed by atoms with E-state index in [9.17, 15) is 18.5 Å². The second-order valence-electron chi connectivity index (χ2n) is 6.26. The van der Waals surface area contributed by atoms with Crippen molar-refractivity contribution in [1.82, 2.24) is 9.29 Å². The van der Waals surface area contributed by atoms with Crippen molar-refractivity contribution < 1.29 is 13.3 Å².